The minimum atomic E-state index is -0.398. The fourth-order valence-electron chi connectivity index (χ4n) is 4.23. The average Bonchev–Trinajstić information content (AvgIpc) is 3.51. The zero-order chi connectivity index (χ0) is 28.0. The highest BCUT2D eigenvalue weighted by atomic mass is 35.5. The molecule has 1 saturated heterocycles. The van der Waals surface area contributed by atoms with Gasteiger partial charge in [0, 0.05) is 59.6 Å². The fraction of sp³-hybridized carbons (Fsp3) is 0.300. The minimum absolute atomic E-state index is 0.169. The molecule has 9 heteroatoms. The van der Waals surface area contributed by atoms with Crippen LogP contribution in [-0.4, -0.2) is 56.9 Å². The molecule has 204 valence electrons. The average molecular weight is 565 g/mol. The number of nitrogens with zero attached hydrogens (tertiary/aromatic N) is 3. The van der Waals surface area contributed by atoms with Crippen molar-refractivity contribution in [1.29, 1.82) is 0 Å². The first-order valence-corrected chi connectivity index (χ1v) is 13.9. The number of H-pyrrole nitrogens is 1. The molecule has 0 radical (unpaired) electrons. The number of fused-ring (bicyclic) bond motifs is 1. The maximum atomic E-state index is 12.7. The quantitative estimate of drug-likeness (QED) is 0.219. The van der Waals surface area contributed by atoms with Crippen molar-refractivity contribution in [2.75, 3.05) is 19.6 Å². The van der Waals surface area contributed by atoms with Gasteiger partial charge in [-0.1, -0.05) is 42.4 Å². The minimum Gasteiger partial charge on any atom is -0.457 e. The standard InChI is InChI=1S/C23H21ClN4OS.C7H12O2/c24-22-6-5-21(30-22)17-3-1-16(2-4-17)13-27-9-10-28(23(29)15-27)14-19-11-18-12-25-8-7-20(18)26-19;1-5-6(8)9-7(2,3)4/h1-8,11-12,26H,9-10,13-15H2;5H,1H2,2-4H3. The zero-order valence-corrected chi connectivity index (χ0v) is 24.0. The summed E-state index contributed by atoms with van der Waals surface area (Å²) >= 11 is 7.62. The Labute approximate surface area is 238 Å². The van der Waals surface area contributed by atoms with Crippen molar-refractivity contribution >= 4 is 45.7 Å². The van der Waals surface area contributed by atoms with E-state index in [0.717, 1.165) is 46.6 Å². The first-order valence-electron chi connectivity index (χ1n) is 12.7. The van der Waals surface area contributed by atoms with Crippen LogP contribution >= 0.6 is 22.9 Å². The van der Waals surface area contributed by atoms with E-state index in [4.69, 9.17) is 16.3 Å². The second-order valence-electron chi connectivity index (χ2n) is 10.3. The molecule has 3 aromatic heterocycles. The topological polar surface area (TPSA) is 78.5 Å². The smallest absolute Gasteiger partial charge is 0.330 e. The van der Waals surface area contributed by atoms with E-state index in [-0.39, 0.29) is 11.9 Å². The van der Waals surface area contributed by atoms with Crippen LogP contribution in [0.3, 0.4) is 0 Å². The van der Waals surface area contributed by atoms with Crippen molar-refractivity contribution in [2.24, 2.45) is 0 Å². The molecule has 0 spiro atoms. The SMILES string of the molecule is C=CC(=O)OC(C)(C)C.O=C1CN(Cc2ccc(-c3ccc(Cl)s3)cc2)CCN1Cc1cc2cnccc2[nH]1. The summed E-state index contributed by atoms with van der Waals surface area (Å²) in [5.41, 5.74) is 4.09. The number of esters is 1. The number of amides is 1. The van der Waals surface area contributed by atoms with E-state index in [9.17, 15) is 9.59 Å². The number of carbonyl (C=O) groups is 2. The first kappa shape index (κ1) is 28.5. The summed E-state index contributed by atoms with van der Waals surface area (Å²) in [6.07, 6.45) is 4.77. The molecule has 4 heterocycles. The number of carbonyl (C=O) groups excluding carboxylic acids is 2. The maximum Gasteiger partial charge on any atom is 0.330 e. The van der Waals surface area contributed by atoms with Gasteiger partial charge in [0.05, 0.1) is 17.4 Å². The lowest BCUT2D eigenvalue weighted by molar-refractivity contribution is -0.148. The number of hydrogen-bond acceptors (Lipinski definition) is 6. The molecular weight excluding hydrogens is 532 g/mol. The molecule has 1 fully saturated rings. The number of nitrogens with one attached hydrogen (secondary N) is 1. The largest absolute Gasteiger partial charge is 0.457 e. The van der Waals surface area contributed by atoms with E-state index in [1.54, 1.807) is 17.5 Å². The van der Waals surface area contributed by atoms with Crippen molar-refractivity contribution in [3.8, 4) is 10.4 Å². The van der Waals surface area contributed by atoms with Crippen LogP contribution in [0, 0.1) is 0 Å². The summed E-state index contributed by atoms with van der Waals surface area (Å²) in [7, 11) is 0. The summed E-state index contributed by atoms with van der Waals surface area (Å²) < 4.78 is 5.63. The van der Waals surface area contributed by atoms with Crippen LogP contribution in [0.5, 0.6) is 0 Å². The Balaban J connectivity index is 0.000000340. The Bertz CT molecular complexity index is 1410. The normalized spacial score (nSPS) is 14.2. The number of benzene rings is 1. The monoisotopic (exact) mass is 564 g/mol. The second kappa shape index (κ2) is 12.6. The number of halogens is 1. The third-order valence-electron chi connectivity index (χ3n) is 6.03. The van der Waals surface area contributed by atoms with E-state index in [0.29, 0.717) is 13.1 Å². The van der Waals surface area contributed by atoms with Gasteiger partial charge in [-0.2, -0.15) is 0 Å². The predicted octanol–water partition coefficient (Wildman–Crippen LogP) is 6.30. The second-order valence-corrected chi connectivity index (χ2v) is 12.0. The Hall–Kier alpha value is -3.46. The van der Waals surface area contributed by atoms with Crippen LogP contribution < -0.4 is 0 Å². The lowest BCUT2D eigenvalue weighted by atomic mass is 10.1. The summed E-state index contributed by atoms with van der Waals surface area (Å²) in [4.78, 5) is 36.0. The lowest BCUT2D eigenvalue weighted by Crippen LogP contribution is -2.49. The zero-order valence-electron chi connectivity index (χ0n) is 22.4. The van der Waals surface area contributed by atoms with Crippen LogP contribution in [0.1, 0.15) is 32.0 Å². The number of piperazine rings is 1. The molecule has 4 aromatic rings. The molecule has 5 rings (SSSR count). The van der Waals surface area contributed by atoms with Gasteiger partial charge in [-0.25, -0.2) is 4.79 Å². The molecule has 1 aliphatic heterocycles. The Morgan fingerprint density at radius 3 is 2.51 bits per heavy atom. The molecule has 0 aliphatic carbocycles. The number of ether oxygens (including phenoxy) is 1. The molecule has 0 saturated carbocycles. The van der Waals surface area contributed by atoms with Gasteiger partial charge in [-0.15, -0.1) is 11.3 Å². The molecular formula is C30H33ClN4O3S. The summed E-state index contributed by atoms with van der Waals surface area (Å²) in [5, 5.41) is 1.08. The third kappa shape index (κ3) is 8.26. The highest BCUT2D eigenvalue weighted by Gasteiger charge is 2.24. The third-order valence-corrected chi connectivity index (χ3v) is 7.31. The molecule has 1 amide bonds. The number of thiophene rings is 1. The van der Waals surface area contributed by atoms with Crippen LogP contribution in [0.25, 0.3) is 21.3 Å². The first-order chi connectivity index (χ1) is 18.6. The van der Waals surface area contributed by atoms with Crippen LogP contribution in [0.4, 0.5) is 0 Å². The fourth-order valence-corrected chi connectivity index (χ4v) is 5.28. The van der Waals surface area contributed by atoms with Gasteiger partial charge >= 0.3 is 5.97 Å². The predicted molar refractivity (Wildman–Crippen MR) is 158 cm³/mol. The number of hydrogen-bond donors (Lipinski definition) is 1. The van der Waals surface area contributed by atoms with Gasteiger partial charge in [0.15, 0.2) is 0 Å². The summed E-state index contributed by atoms with van der Waals surface area (Å²) in [6.45, 7) is 12.2. The van der Waals surface area contributed by atoms with Gasteiger partial charge in [0.2, 0.25) is 5.91 Å². The molecule has 0 atom stereocenters. The summed E-state index contributed by atoms with van der Waals surface area (Å²) in [6, 6.07) is 16.5. The van der Waals surface area contributed by atoms with Crippen molar-refractivity contribution in [1.82, 2.24) is 19.8 Å². The Morgan fingerprint density at radius 2 is 1.92 bits per heavy atom. The molecule has 0 bridgehead atoms. The number of aromatic amines is 1. The van der Waals surface area contributed by atoms with Gasteiger partial charge in [-0.05, 0) is 56.2 Å². The molecule has 7 nitrogen and oxygen atoms in total. The number of aromatic nitrogens is 2. The molecule has 1 aliphatic rings. The molecule has 1 N–H and O–H groups in total. The summed E-state index contributed by atoms with van der Waals surface area (Å²) in [5.74, 6) is -0.203. The highest BCUT2D eigenvalue weighted by Crippen LogP contribution is 2.31. The van der Waals surface area contributed by atoms with E-state index in [1.807, 2.05) is 50.1 Å². The number of pyridine rings is 1. The molecule has 1 aromatic carbocycles. The van der Waals surface area contributed by atoms with E-state index >= 15 is 0 Å². The molecule has 39 heavy (non-hydrogen) atoms. The highest BCUT2D eigenvalue weighted by molar-refractivity contribution is 7.19. The lowest BCUT2D eigenvalue weighted by Gasteiger charge is -2.34. The Morgan fingerprint density at radius 1 is 1.15 bits per heavy atom. The van der Waals surface area contributed by atoms with Crippen LogP contribution in [0.15, 0.2) is 73.6 Å². The van der Waals surface area contributed by atoms with Gasteiger partial charge in [-0.3, -0.25) is 14.7 Å². The van der Waals surface area contributed by atoms with E-state index in [2.05, 4.69) is 51.8 Å². The van der Waals surface area contributed by atoms with Crippen molar-refractivity contribution in [3.63, 3.8) is 0 Å². The maximum absolute atomic E-state index is 12.7. The van der Waals surface area contributed by atoms with Crippen molar-refractivity contribution in [2.45, 2.75) is 39.5 Å². The Kier molecular flexibility index (Phi) is 9.22. The van der Waals surface area contributed by atoms with Crippen molar-refractivity contribution < 1.29 is 14.3 Å². The van der Waals surface area contributed by atoms with Crippen molar-refractivity contribution in [3.05, 3.63) is 89.2 Å². The molecule has 0 unspecified atom stereocenters. The number of rotatable bonds is 6. The van der Waals surface area contributed by atoms with Gasteiger partial charge in [0.25, 0.3) is 0 Å². The van der Waals surface area contributed by atoms with Crippen LogP contribution in [0.2, 0.25) is 4.34 Å². The van der Waals surface area contributed by atoms with Gasteiger partial charge in [0.1, 0.15) is 5.60 Å². The van der Waals surface area contributed by atoms with Gasteiger partial charge < -0.3 is 14.6 Å². The van der Waals surface area contributed by atoms with Crippen LogP contribution in [-0.2, 0) is 27.4 Å². The van der Waals surface area contributed by atoms with E-state index < -0.39 is 5.60 Å². The van der Waals surface area contributed by atoms with E-state index in [1.165, 1.54) is 16.0 Å².